The molecule has 1 aromatic carbocycles. The predicted molar refractivity (Wildman–Crippen MR) is 125 cm³/mol. The number of aromatic nitrogens is 2. The van der Waals surface area contributed by atoms with E-state index in [1.165, 1.54) is 19.1 Å². The molecule has 0 bridgehead atoms. The van der Waals surface area contributed by atoms with Crippen molar-refractivity contribution in [2.75, 3.05) is 6.61 Å². The van der Waals surface area contributed by atoms with Gasteiger partial charge in [0.2, 0.25) is 0 Å². The van der Waals surface area contributed by atoms with Gasteiger partial charge >= 0.3 is 19.4 Å². The van der Waals surface area contributed by atoms with Crippen LogP contribution in [0.25, 0.3) is 0 Å². The Morgan fingerprint density at radius 3 is 2.58 bits per heavy atom. The van der Waals surface area contributed by atoms with Crippen molar-refractivity contribution in [3.05, 3.63) is 63.4 Å². The van der Waals surface area contributed by atoms with Crippen LogP contribution in [0.5, 0.6) is 5.75 Å². The van der Waals surface area contributed by atoms with Gasteiger partial charge in [0.05, 0.1) is 12.7 Å². The van der Waals surface area contributed by atoms with Crippen LogP contribution in [0.15, 0.2) is 52.2 Å². The zero-order valence-electron chi connectivity index (χ0n) is 19.5. The average molecular weight is 550 g/mol. The summed E-state index contributed by atoms with van der Waals surface area (Å²) in [5, 5.41) is 9.86. The van der Waals surface area contributed by atoms with E-state index in [9.17, 15) is 24.1 Å². The van der Waals surface area contributed by atoms with Crippen molar-refractivity contribution in [1.82, 2.24) is 14.6 Å². The van der Waals surface area contributed by atoms with Crippen molar-refractivity contribution >= 4 is 25.3 Å². The summed E-state index contributed by atoms with van der Waals surface area (Å²) in [6, 6.07) is 7.68. The van der Waals surface area contributed by atoms with Crippen LogP contribution in [0.1, 0.15) is 27.0 Å². The molecule has 1 aliphatic rings. The van der Waals surface area contributed by atoms with Crippen LogP contribution in [0.3, 0.4) is 0 Å². The van der Waals surface area contributed by atoms with Crippen LogP contribution in [0, 0.1) is 0 Å². The van der Waals surface area contributed by atoms with Gasteiger partial charge < -0.3 is 19.1 Å². The number of aliphatic hydroxyl groups is 1. The number of carbonyl (C=O) groups excluding carboxylic acids is 1. The van der Waals surface area contributed by atoms with Crippen molar-refractivity contribution in [3.63, 3.8) is 0 Å². The van der Waals surface area contributed by atoms with Crippen molar-refractivity contribution in [2.24, 2.45) is 0 Å². The number of nitrogens with one attached hydrogen (secondary N) is 2. The Labute approximate surface area is 209 Å². The lowest BCUT2D eigenvalue weighted by Gasteiger charge is -2.25. The van der Waals surface area contributed by atoms with Gasteiger partial charge in [-0.15, -0.1) is 0 Å². The number of nitrogens with zero attached hydrogens (tertiary/aromatic N) is 1. The molecular formula is C21H26ClFN3O9P. The summed E-state index contributed by atoms with van der Waals surface area (Å²) in [4.78, 5) is 37.6. The second-order valence-corrected chi connectivity index (χ2v) is 10.5. The number of ether oxygens (including phenoxy) is 2. The van der Waals surface area contributed by atoms with E-state index in [1.807, 2.05) is 4.98 Å². The van der Waals surface area contributed by atoms with E-state index < -0.39 is 67.3 Å². The highest BCUT2D eigenvalue weighted by Crippen LogP contribution is 2.48. The van der Waals surface area contributed by atoms with Crippen LogP contribution < -0.4 is 20.9 Å². The number of aromatic amines is 1. The topological polar surface area (TPSA) is 158 Å². The van der Waals surface area contributed by atoms with Gasteiger partial charge in [0.15, 0.2) is 6.23 Å². The third kappa shape index (κ3) is 6.61. The number of alkyl halides is 2. The largest absolute Gasteiger partial charge is 0.462 e. The Morgan fingerprint density at radius 1 is 1.31 bits per heavy atom. The first-order chi connectivity index (χ1) is 16.8. The highest BCUT2D eigenvalue weighted by molar-refractivity contribution is 7.52. The number of rotatable bonds is 10. The lowest BCUT2D eigenvalue weighted by Crippen LogP contribution is -2.42. The van der Waals surface area contributed by atoms with E-state index in [0.717, 1.165) is 12.3 Å². The zero-order valence-corrected chi connectivity index (χ0v) is 21.1. The average Bonchev–Trinajstić information content (AvgIpc) is 3.01. The molecule has 0 unspecified atom stereocenters. The predicted octanol–water partition coefficient (Wildman–Crippen LogP) is 1.83. The van der Waals surface area contributed by atoms with Gasteiger partial charge in [-0.25, -0.2) is 13.8 Å². The summed E-state index contributed by atoms with van der Waals surface area (Å²) >= 11 is 5.85. The molecule has 3 N–H and O–H groups in total. The molecule has 1 fully saturated rings. The third-order valence-electron chi connectivity index (χ3n) is 4.92. The van der Waals surface area contributed by atoms with Gasteiger partial charge in [-0.1, -0.05) is 29.8 Å². The molecule has 12 nitrogen and oxygen atoms in total. The molecule has 1 aliphatic heterocycles. The molecule has 2 aromatic rings. The first-order valence-corrected chi connectivity index (χ1v) is 12.7. The summed E-state index contributed by atoms with van der Waals surface area (Å²) < 4.78 is 50.8. The van der Waals surface area contributed by atoms with Crippen molar-refractivity contribution in [3.8, 4) is 5.75 Å². The van der Waals surface area contributed by atoms with Crippen LogP contribution in [-0.4, -0.2) is 56.7 Å². The molecule has 1 saturated heterocycles. The first-order valence-electron chi connectivity index (χ1n) is 10.8. The summed E-state index contributed by atoms with van der Waals surface area (Å²) in [5.41, 5.74) is -1.76. The molecule has 36 heavy (non-hydrogen) atoms. The summed E-state index contributed by atoms with van der Waals surface area (Å²) in [5.74, 6) is -0.607. The fourth-order valence-electron chi connectivity index (χ4n) is 3.22. The second kappa shape index (κ2) is 11.2. The molecular weight excluding hydrogens is 524 g/mol. The van der Waals surface area contributed by atoms with Crippen molar-refractivity contribution < 1.29 is 37.4 Å². The van der Waals surface area contributed by atoms with Gasteiger partial charge in [-0.2, -0.15) is 5.09 Å². The van der Waals surface area contributed by atoms with Crippen molar-refractivity contribution in [2.45, 2.75) is 56.5 Å². The van der Waals surface area contributed by atoms with Crippen LogP contribution >= 0.6 is 19.3 Å². The summed E-state index contributed by atoms with van der Waals surface area (Å²) in [6.45, 7) is 3.93. The van der Waals surface area contributed by atoms with E-state index in [1.54, 1.807) is 32.0 Å². The number of esters is 1. The molecule has 1 aromatic heterocycles. The molecule has 2 heterocycles. The second-order valence-electron chi connectivity index (χ2n) is 8.20. The molecule has 6 atom stereocenters. The quantitative estimate of drug-likeness (QED) is 0.227. The minimum Gasteiger partial charge on any atom is -0.462 e. The number of hydrogen-bond acceptors (Lipinski definition) is 9. The molecule has 0 amide bonds. The van der Waals surface area contributed by atoms with Crippen molar-refractivity contribution in [1.29, 1.82) is 0 Å². The van der Waals surface area contributed by atoms with E-state index in [4.69, 9.17) is 30.1 Å². The molecule has 3 rings (SSSR count). The molecule has 15 heteroatoms. The molecule has 0 aliphatic carbocycles. The minimum atomic E-state index is -4.35. The maximum atomic E-state index is 15.2. The molecule has 198 valence electrons. The maximum Gasteiger partial charge on any atom is 0.459 e. The van der Waals surface area contributed by atoms with Gasteiger partial charge in [0.25, 0.3) is 10.7 Å². The van der Waals surface area contributed by atoms with Gasteiger partial charge in [0.1, 0.15) is 24.0 Å². The molecule has 0 saturated carbocycles. The third-order valence-corrected chi connectivity index (χ3v) is 6.97. The molecule has 0 spiro atoms. The lowest BCUT2D eigenvalue weighted by molar-refractivity contribution is -0.149. The Bertz CT molecular complexity index is 1220. The van der Waals surface area contributed by atoms with E-state index in [2.05, 4.69) is 5.09 Å². The number of aliphatic hydroxyl groups excluding tert-OH is 1. The number of halogens is 2. The van der Waals surface area contributed by atoms with Gasteiger partial charge in [-0.3, -0.25) is 23.7 Å². The van der Waals surface area contributed by atoms with E-state index >= 15 is 4.39 Å². The number of para-hydroxylation sites is 1. The Kier molecular flexibility index (Phi) is 8.75. The van der Waals surface area contributed by atoms with E-state index in [-0.39, 0.29) is 5.75 Å². The highest BCUT2D eigenvalue weighted by atomic mass is 35.5. The smallest absolute Gasteiger partial charge is 0.459 e. The normalized spacial score (nSPS) is 26.4. The fraction of sp³-hybridized carbons (Fsp3) is 0.476. The standard InChI is InChI=1S/C21H26ClFN3O9P/c1-12(2)33-18(29)13(3)25-36(31,35-14-7-5-4-6-8-14)32-11-15-17(28)21(22,23)19(34-15)26-10-9-16(27)24-20(26)30/h4-10,12-13,15,17,19,28H,11H2,1-3H3,(H,25,31)(H,24,27,30)/t13-,15-,17-,19-,21+,36+/m1/s1. The Hall–Kier alpha value is -2.54. The number of carbonyl (C=O) groups is 1. The minimum absolute atomic E-state index is 0.125. The SMILES string of the molecule is CC(C)OC(=O)[C@@H](C)N[P@](=O)(OC[C@H]1O[C@@H](n2ccc(=O)[nH]c2=O)[C@](F)(Cl)[C@@H]1O)Oc1ccccc1. The monoisotopic (exact) mass is 549 g/mol. The number of hydrogen-bond donors (Lipinski definition) is 3. The van der Waals surface area contributed by atoms with E-state index in [0.29, 0.717) is 4.57 Å². The zero-order chi connectivity index (χ0) is 26.7. The summed E-state index contributed by atoms with van der Waals surface area (Å²) in [7, 11) is -4.35. The fourth-order valence-corrected chi connectivity index (χ4v) is 5.02. The lowest BCUT2D eigenvalue weighted by atomic mass is 10.1. The summed E-state index contributed by atoms with van der Waals surface area (Å²) in [6.07, 6.45) is -4.91. The number of H-pyrrole nitrogens is 1. The van der Waals surface area contributed by atoms with Crippen LogP contribution in [0.2, 0.25) is 0 Å². The van der Waals surface area contributed by atoms with Crippen LogP contribution in [0.4, 0.5) is 4.39 Å². The van der Waals surface area contributed by atoms with Gasteiger partial charge in [0, 0.05) is 12.3 Å². The Balaban J connectivity index is 1.80. The van der Waals surface area contributed by atoms with Gasteiger partial charge in [-0.05, 0) is 32.9 Å². The first kappa shape index (κ1) is 28.0. The maximum absolute atomic E-state index is 15.2. The van der Waals surface area contributed by atoms with Crippen LogP contribution in [-0.2, 0) is 23.4 Å². The molecule has 0 radical (unpaired) electrons. The number of benzene rings is 1. The Morgan fingerprint density at radius 2 is 1.97 bits per heavy atom. The highest BCUT2D eigenvalue weighted by Gasteiger charge is 2.58.